The molecule has 0 aliphatic heterocycles. The third-order valence-electron chi connectivity index (χ3n) is 2.92. The van der Waals surface area contributed by atoms with Gasteiger partial charge in [-0.05, 0) is 12.5 Å². The molecule has 0 unspecified atom stereocenters. The van der Waals surface area contributed by atoms with Gasteiger partial charge in [-0.1, -0.05) is 26.2 Å². The maximum atomic E-state index is 12.7. The Morgan fingerprint density at radius 1 is 1.24 bits per heavy atom. The van der Waals surface area contributed by atoms with Crippen LogP contribution in [0.25, 0.3) is 0 Å². The highest BCUT2D eigenvalue weighted by Crippen LogP contribution is 2.24. The fourth-order valence-corrected chi connectivity index (χ4v) is 1.83. The van der Waals surface area contributed by atoms with Gasteiger partial charge in [-0.25, -0.2) is 17.6 Å². The second-order valence-corrected chi connectivity index (χ2v) is 4.66. The number of rotatable bonds is 9. The first-order chi connectivity index (χ1) is 9.95. The van der Waals surface area contributed by atoms with Gasteiger partial charge in [0.15, 0.2) is 0 Å². The number of nitrogens with zero attached hydrogens (tertiary/aromatic N) is 2. The van der Waals surface area contributed by atoms with E-state index < -0.39 is 36.7 Å². The van der Waals surface area contributed by atoms with Gasteiger partial charge < -0.3 is 5.32 Å². The lowest BCUT2D eigenvalue weighted by molar-refractivity contribution is -0.121. The van der Waals surface area contributed by atoms with Crippen LogP contribution in [-0.4, -0.2) is 22.2 Å². The number of aromatic nitrogens is 2. The maximum absolute atomic E-state index is 12.7. The molecular weight excluding hydrogens is 290 g/mol. The molecule has 0 aromatic carbocycles. The third-order valence-corrected chi connectivity index (χ3v) is 2.92. The monoisotopic (exact) mass is 309 g/mol. The van der Waals surface area contributed by atoms with Gasteiger partial charge in [0, 0.05) is 6.54 Å². The molecule has 0 saturated carbocycles. The Morgan fingerprint density at radius 3 is 2.52 bits per heavy atom. The first-order valence-electron chi connectivity index (χ1n) is 6.86. The van der Waals surface area contributed by atoms with Crippen molar-refractivity contribution < 1.29 is 22.4 Å². The van der Waals surface area contributed by atoms with E-state index in [-0.39, 0.29) is 0 Å². The van der Waals surface area contributed by atoms with Crippen molar-refractivity contribution in [1.82, 2.24) is 15.1 Å². The van der Waals surface area contributed by atoms with E-state index in [9.17, 15) is 22.4 Å². The van der Waals surface area contributed by atoms with E-state index in [0.717, 1.165) is 25.7 Å². The second-order valence-electron chi connectivity index (χ2n) is 4.66. The first kappa shape index (κ1) is 17.5. The van der Waals surface area contributed by atoms with Gasteiger partial charge in [0.2, 0.25) is 5.91 Å². The summed E-state index contributed by atoms with van der Waals surface area (Å²) in [7, 11) is 0. The molecule has 0 aliphatic rings. The number of carbonyl (C=O) groups excluding carboxylic acids is 1. The van der Waals surface area contributed by atoms with E-state index in [0.29, 0.717) is 17.3 Å². The molecule has 0 saturated heterocycles. The molecule has 0 atom stereocenters. The topological polar surface area (TPSA) is 46.9 Å². The predicted molar refractivity (Wildman–Crippen MR) is 69.3 cm³/mol. The SMILES string of the molecule is CCCCCCNC(=O)Cn1nc(C(F)F)cc1C(F)F. The summed E-state index contributed by atoms with van der Waals surface area (Å²) in [5.74, 6) is -0.516. The van der Waals surface area contributed by atoms with Crippen LogP contribution in [0.2, 0.25) is 0 Å². The Bertz CT molecular complexity index is 449. The molecule has 1 rings (SSSR count). The molecular formula is C13H19F4N3O. The number of hydrogen-bond acceptors (Lipinski definition) is 2. The summed E-state index contributed by atoms with van der Waals surface area (Å²) >= 11 is 0. The van der Waals surface area contributed by atoms with Gasteiger partial charge in [0.05, 0.1) is 0 Å². The molecule has 0 aliphatic carbocycles. The lowest BCUT2D eigenvalue weighted by Gasteiger charge is -2.08. The zero-order chi connectivity index (χ0) is 15.8. The van der Waals surface area contributed by atoms with Gasteiger partial charge in [0.1, 0.15) is 17.9 Å². The molecule has 0 spiro atoms. The Labute approximate surface area is 120 Å². The second kappa shape index (κ2) is 8.63. The molecule has 0 radical (unpaired) electrons. The zero-order valence-corrected chi connectivity index (χ0v) is 11.8. The predicted octanol–water partition coefficient (Wildman–Crippen LogP) is 3.45. The van der Waals surface area contributed by atoms with Crippen molar-refractivity contribution >= 4 is 5.91 Å². The van der Waals surface area contributed by atoms with E-state index in [1.807, 2.05) is 0 Å². The Kier molecular flexibility index (Phi) is 7.18. The molecule has 1 amide bonds. The number of carbonyl (C=O) groups is 1. The third kappa shape index (κ3) is 5.73. The molecule has 0 fully saturated rings. The molecule has 1 aromatic rings. The molecule has 0 bridgehead atoms. The van der Waals surface area contributed by atoms with Crippen molar-refractivity contribution in [3.63, 3.8) is 0 Å². The minimum absolute atomic E-state index is 0.436. The van der Waals surface area contributed by atoms with Gasteiger partial charge >= 0.3 is 0 Å². The summed E-state index contributed by atoms with van der Waals surface area (Å²) < 4.78 is 51.0. The van der Waals surface area contributed by atoms with Gasteiger partial charge in [-0.2, -0.15) is 5.10 Å². The molecule has 4 nitrogen and oxygen atoms in total. The quantitative estimate of drug-likeness (QED) is 0.561. The molecule has 8 heteroatoms. The number of hydrogen-bond donors (Lipinski definition) is 1. The van der Waals surface area contributed by atoms with Crippen LogP contribution in [0, 0.1) is 0 Å². The van der Waals surface area contributed by atoms with Crippen molar-refractivity contribution in [2.75, 3.05) is 6.54 Å². The van der Waals surface area contributed by atoms with Gasteiger partial charge in [-0.3, -0.25) is 9.48 Å². The van der Waals surface area contributed by atoms with Crippen LogP contribution in [-0.2, 0) is 11.3 Å². The van der Waals surface area contributed by atoms with Gasteiger partial charge in [-0.15, -0.1) is 0 Å². The fourth-order valence-electron chi connectivity index (χ4n) is 1.83. The smallest absolute Gasteiger partial charge is 0.282 e. The summed E-state index contributed by atoms with van der Waals surface area (Å²) in [6.07, 6.45) is -2.01. The highest BCUT2D eigenvalue weighted by molar-refractivity contribution is 5.75. The molecule has 1 heterocycles. The fraction of sp³-hybridized carbons (Fsp3) is 0.692. The Morgan fingerprint density at radius 2 is 1.95 bits per heavy atom. The van der Waals surface area contributed by atoms with Crippen molar-refractivity contribution in [1.29, 1.82) is 0 Å². The minimum Gasteiger partial charge on any atom is -0.354 e. The number of halogens is 4. The average molecular weight is 309 g/mol. The number of alkyl halides is 4. The summed E-state index contributed by atoms with van der Waals surface area (Å²) in [6, 6.07) is 0.629. The van der Waals surface area contributed by atoms with E-state index in [1.54, 1.807) is 0 Å². The van der Waals surface area contributed by atoms with E-state index in [2.05, 4.69) is 17.3 Å². The summed E-state index contributed by atoms with van der Waals surface area (Å²) in [6.45, 7) is 2.01. The van der Waals surface area contributed by atoms with Crippen LogP contribution in [0.3, 0.4) is 0 Å². The average Bonchev–Trinajstić information content (AvgIpc) is 2.82. The highest BCUT2D eigenvalue weighted by Gasteiger charge is 2.22. The van der Waals surface area contributed by atoms with Crippen LogP contribution in [0.4, 0.5) is 17.6 Å². The van der Waals surface area contributed by atoms with E-state index in [4.69, 9.17) is 0 Å². The van der Waals surface area contributed by atoms with Crippen LogP contribution < -0.4 is 5.32 Å². The van der Waals surface area contributed by atoms with Crippen LogP contribution >= 0.6 is 0 Å². The van der Waals surface area contributed by atoms with E-state index >= 15 is 0 Å². The standard InChI is InChI=1S/C13H19F4N3O/c1-2-3-4-5-6-18-11(21)8-20-10(13(16)17)7-9(19-20)12(14)15/h7,12-13H,2-6,8H2,1H3,(H,18,21). The van der Waals surface area contributed by atoms with E-state index in [1.165, 1.54) is 0 Å². The lowest BCUT2D eigenvalue weighted by Crippen LogP contribution is -2.29. The molecule has 1 N–H and O–H groups in total. The summed E-state index contributed by atoms with van der Waals surface area (Å²) in [5.41, 5.74) is -1.42. The van der Waals surface area contributed by atoms with Crippen molar-refractivity contribution in [2.24, 2.45) is 0 Å². The minimum atomic E-state index is -2.96. The van der Waals surface area contributed by atoms with Gasteiger partial charge in [0.25, 0.3) is 12.9 Å². The Balaban J connectivity index is 2.54. The van der Waals surface area contributed by atoms with Crippen molar-refractivity contribution in [2.45, 2.75) is 52.0 Å². The zero-order valence-electron chi connectivity index (χ0n) is 11.8. The maximum Gasteiger partial charge on any atom is 0.282 e. The highest BCUT2D eigenvalue weighted by atomic mass is 19.3. The first-order valence-corrected chi connectivity index (χ1v) is 6.86. The number of nitrogens with one attached hydrogen (secondary N) is 1. The largest absolute Gasteiger partial charge is 0.354 e. The van der Waals surface area contributed by atoms with Crippen molar-refractivity contribution in [3.8, 4) is 0 Å². The van der Waals surface area contributed by atoms with Crippen LogP contribution in [0.15, 0.2) is 6.07 Å². The molecule has 1 aromatic heterocycles. The number of unbranched alkanes of at least 4 members (excludes halogenated alkanes) is 3. The van der Waals surface area contributed by atoms with Crippen LogP contribution in [0.1, 0.15) is 56.8 Å². The molecule has 120 valence electrons. The summed E-state index contributed by atoms with van der Waals surface area (Å²) in [4.78, 5) is 11.6. The Hall–Kier alpha value is -1.60. The van der Waals surface area contributed by atoms with Crippen molar-refractivity contribution in [3.05, 3.63) is 17.5 Å². The normalized spacial score (nSPS) is 11.4. The number of amides is 1. The van der Waals surface area contributed by atoms with Crippen LogP contribution in [0.5, 0.6) is 0 Å². The lowest BCUT2D eigenvalue weighted by atomic mass is 10.2. The molecule has 21 heavy (non-hydrogen) atoms. The summed E-state index contributed by atoms with van der Waals surface area (Å²) in [5, 5.41) is 5.92.